The normalized spacial score (nSPS) is 20.1. The number of rotatable bonds is 3. The molecular weight excluding hydrogens is 240 g/mol. The van der Waals surface area contributed by atoms with Crippen LogP contribution in [0.25, 0.3) is 5.65 Å². The molecule has 2 aromatic rings. The summed E-state index contributed by atoms with van der Waals surface area (Å²) in [5.74, 6) is 2.52. The van der Waals surface area contributed by atoms with Crippen LogP contribution < -0.4 is 10.6 Å². The predicted octanol–water partition coefficient (Wildman–Crippen LogP) is 0.998. The number of nitrogens with two attached hydrogens (primary N) is 1. The molecule has 2 aromatic heterocycles. The molecule has 1 aliphatic heterocycles. The van der Waals surface area contributed by atoms with Crippen LogP contribution in [0, 0.1) is 12.8 Å². The average molecular weight is 260 g/mol. The molecule has 1 fully saturated rings. The molecule has 1 saturated heterocycles. The Labute approximate surface area is 112 Å². The highest BCUT2D eigenvalue weighted by atomic mass is 15.3. The molecule has 0 bridgehead atoms. The minimum absolute atomic E-state index is 0.671. The zero-order valence-electron chi connectivity index (χ0n) is 11.3. The lowest BCUT2D eigenvalue weighted by molar-refractivity contribution is 0.394. The predicted molar refractivity (Wildman–Crippen MR) is 74.1 cm³/mol. The third-order valence-electron chi connectivity index (χ3n) is 3.87. The number of piperidine rings is 1. The molecule has 0 aliphatic carbocycles. The van der Waals surface area contributed by atoms with Gasteiger partial charge in [-0.2, -0.15) is 0 Å². The highest BCUT2D eigenvalue weighted by Gasteiger charge is 2.22. The Morgan fingerprint density at radius 3 is 3.16 bits per heavy atom. The second-order valence-corrected chi connectivity index (χ2v) is 5.22. The molecule has 1 atom stereocenters. The van der Waals surface area contributed by atoms with Crippen LogP contribution in [-0.2, 0) is 0 Å². The first-order valence-corrected chi connectivity index (χ1v) is 6.91. The Balaban J connectivity index is 1.91. The largest absolute Gasteiger partial charge is 0.353 e. The molecule has 6 nitrogen and oxygen atoms in total. The summed E-state index contributed by atoms with van der Waals surface area (Å²) in [5.41, 5.74) is 6.53. The van der Waals surface area contributed by atoms with Crippen molar-refractivity contribution in [3.8, 4) is 0 Å². The third-order valence-corrected chi connectivity index (χ3v) is 3.87. The second-order valence-electron chi connectivity index (χ2n) is 5.22. The van der Waals surface area contributed by atoms with Crippen molar-refractivity contribution in [3.63, 3.8) is 0 Å². The Morgan fingerprint density at radius 2 is 2.32 bits per heavy atom. The molecule has 0 amide bonds. The van der Waals surface area contributed by atoms with Crippen molar-refractivity contribution in [2.45, 2.75) is 26.2 Å². The van der Waals surface area contributed by atoms with E-state index < -0.39 is 0 Å². The van der Waals surface area contributed by atoms with Crippen molar-refractivity contribution in [1.29, 1.82) is 0 Å². The van der Waals surface area contributed by atoms with Crippen LogP contribution in [-0.4, -0.2) is 39.2 Å². The fraction of sp³-hybridized carbons (Fsp3) is 0.615. The van der Waals surface area contributed by atoms with Crippen molar-refractivity contribution in [2.75, 3.05) is 24.5 Å². The average Bonchev–Trinajstić information content (AvgIpc) is 2.81. The molecule has 6 heteroatoms. The molecule has 0 saturated carbocycles. The van der Waals surface area contributed by atoms with E-state index >= 15 is 0 Å². The summed E-state index contributed by atoms with van der Waals surface area (Å²) in [6.45, 7) is 4.78. The fourth-order valence-electron chi connectivity index (χ4n) is 2.88. The molecule has 0 radical (unpaired) electrons. The first kappa shape index (κ1) is 12.3. The van der Waals surface area contributed by atoms with Crippen molar-refractivity contribution < 1.29 is 0 Å². The van der Waals surface area contributed by atoms with Crippen molar-refractivity contribution in [3.05, 3.63) is 18.2 Å². The van der Waals surface area contributed by atoms with Gasteiger partial charge in [-0.25, -0.2) is 4.98 Å². The standard InChI is InChI=1S/C13H20N6/c1-10-16-17-13-12(15-6-8-19(10)13)18-7-2-3-11(9-18)4-5-14/h6,8,11H,2-5,7,9,14H2,1H3. The maximum Gasteiger partial charge on any atom is 0.203 e. The molecule has 3 heterocycles. The van der Waals surface area contributed by atoms with Crippen LogP contribution in [0.4, 0.5) is 5.82 Å². The van der Waals surface area contributed by atoms with Gasteiger partial charge in [0.2, 0.25) is 5.65 Å². The first-order chi connectivity index (χ1) is 9.29. The maximum absolute atomic E-state index is 5.68. The molecule has 1 unspecified atom stereocenters. The van der Waals surface area contributed by atoms with Gasteiger partial charge in [-0.3, -0.25) is 4.40 Å². The molecule has 0 spiro atoms. The summed E-state index contributed by atoms with van der Waals surface area (Å²) in [4.78, 5) is 6.84. The number of nitrogens with zero attached hydrogens (tertiary/aromatic N) is 5. The van der Waals surface area contributed by atoms with Crippen LogP contribution in [0.1, 0.15) is 25.1 Å². The Bertz CT molecular complexity index is 561. The zero-order valence-corrected chi connectivity index (χ0v) is 11.3. The second kappa shape index (κ2) is 5.13. The van der Waals surface area contributed by atoms with Crippen LogP contribution in [0.5, 0.6) is 0 Å². The van der Waals surface area contributed by atoms with Crippen LogP contribution >= 0.6 is 0 Å². The van der Waals surface area contributed by atoms with E-state index in [1.54, 1.807) is 0 Å². The van der Waals surface area contributed by atoms with E-state index in [0.29, 0.717) is 5.92 Å². The van der Waals surface area contributed by atoms with Crippen LogP contribution in [0.15, 0.2) is 12.4 Å². The summed E-state index contributed by atoms with van der Waals surface area (Å²) in [5, 5.41) is 8.38. The van der Waals surface area contributed by atoms with Crippen molar-refractivity contribution in [1.82, 2.24) is 19.6 Å². The summed E-state index contributed by atoms with van der Waals surface area (Å²) in [6.07, 6.45) is 7.29. The minimum Gasteiger partial charge on any atom is -0.353 e. The topological polar surface area (TPSA) is 72.3 Å². The van der Waals surface area contributed by atoms with E-state index in [1.165, 1.54) is 12.8 Å². The van der Waals surface area contributed by atoms with Gasteiger partial charge in [0.15, 0.2) is 5.82 Å². The van der Waals surface area contributed by atoms with Crippen LogP contribution in [0.2, 0.25) is 0 Å². The summed E-state index contributed by atoms with van der Waals surface area (Å²) < 4.78 is 1.99. The molecule has 102 valence electrons. The number of fused-ring (bicyclic) bond motifs is 1. The summed E-state index contributed by atoms with van der Waals surface area (Å²) in [6, 6.07) is 0. The van der Waals surface area contributed by atoms with E-state index in [2.05, 4.69) is 20.1 Å². The first-order valence-electron chi connectivity index (χ1n) is 6.91. The lowest BCUT2D eigenvalue weighted by atomic mass is 9.95. The van der Waals surface area contributed by atoms with Gasteiger partial charge in [0, 0.05) is 25.5 Å². The van der Waals surface area contributed by atoms with Crippen molar-refractivity contribution >= 4 is 11.5 Å². The molecule has 0 aromatic carbocycles. The van der Waals surface area contributed by atoms with E-state index in [0.717, 1.165) is 43.3 Å². The van der Waals surface area contributed by atoms with Gasteiger partial charge in [0.25, 0.3) is 0 Å². The van der Waals surface area contributed by atoms with Gasteiger partial charge in [0.05, 0.1) is 0 Å². The molecule has 19 heavy (non-hydrogen) atoms. The van der Waals surface area contributed by atoms with Crippen LogP contribution in [0.3, 0.4) is 0 Å². The SMILES string of the molecule is Cc1nnc2c(N3CCCC(CCN)C3)nccn12. The van der Waals surface area contributed by atoms with E-state index in [-0.39, 0.29) is 0 Å². The Morgan fingerprint density at radius 1 is 1.42 bits per heavy atom. The number of hydrogen-bond acceptors (Lipinski definition) is 5. The maximum atomic E-state index is 5.68. The van der Waals surface area contributed by atoms with E-state index in [9.17, 15) is 0 Å². The Hall–Kier alpha value is -1.69. The summed E-state index contributed by atoms with van der Waals surface area (Å²) >= 11 is 0. The highest BCUT2D eigenvalue weighted by Crippen LogP contribution is 2.25. The number of anilines is 1. The lowest BCUT2D eigenvalue weighted by Crippen LogP contribution is -2.37. The van der Waals surface area contributed by atoms with Gasteiger partial charge in [-0.15, -0.1) is 10.2 Å². The molecule has 2 N–H and O–H groups in total. The monoisotopic (exact) mass is 260 g/mol. The Kier molecular flexibility index (Phi) is 3.33. The zero-order chi connectivity index (χ0) is 13.2. The molecule has 1 aliphatic rings. The number of aryl methyl sites for hydroxylation is 1. The van der Waals surface area contributed by atoms with Gasteiger partial charge < -0.3 is 10.6 Å². The van der Waals surface area contributed by atoms with Crippen molar-refractivity contribution in [2.24, 2.45) is 11.7 Å². The van der Waals surface area contributed by atoms with E-state index in [4.69, 9.17) is 5.73 Å². The van der Waals surface area contributed by atoms with Gasteiger partial charge in [-0.1, -0.05) is 0 Å². The molecule has 3 rings (SSSR count). The fourth-order valence-corrected chi connectivity index (χ4v) is 2.88. The van der Waals surface area contributed by atoms with Gasteiger partial charge in [-0.05, 0) is 38.6 Å². The minimum atomic E-state index is 0.671. The van der Waals surface area contributed by atoms with Gasteiger partial charge in [0.1, 0.15) is 5.82 Å². The molecular formula is C13H20N6. The quantitative estimate of drug-likeness (QED) is 0.891. The lowest BCUT2D eigenvalue weighted by Gasteiger charge is -2.33. The number of hydrogen-bond donors (Lipinski definition) is 1. The number of aromatic nitrogens is 4. The third kappa shape index (κ3) is 2.28. The van der Waals surface area contributed by atoms with Gasteiger partial charge >= 0.3 is 0 Å². The summed E-state index contributed by atoms with van der Waals surface area (Å²) in [7, 11) is 0. The van der Waals surface area contributed by atoms with E-state index in [1.807, 2.05) is 23.7 Å². The smallest absolute Gasteiger partial charge is 0.203 e. The highest BCUT2D eigenvalue weighted by molar-refractivity contribution is 5.63.